The highest BCUT2D eigenvalue weighted by Crippen LogP contribution is 2.49. The maximum absolute atomic E-state index is 13.6. The Labute approximate surface area is 174 Å². The second-order valence-electron chi connectivity index (χ2n) is 9.37. The maximum atomic E-state index is 13.6. The molecule has 2 heterocycles. The number of fused-ring (bicyclic) bond motifs is 1. The van der Waals surface area contributed by atoms with E-state index in [0.29, 0.717) is 24.6 Å². The maximum Gasteiger partial charge on any atom is 0.254 e. The van der Waals surface area contributed by atoms with E-state index in [1.165, 1.54) is 6.42 Å². The number of amides is 2. The summed E-state index contributed by atoms with van der Waals surface area (Å²) in [4.78, 5) is 29.2. The fraction of sp³-hybridized carbons (Fsp3) is 0.667. The van der Waals surface area contributed by atoms with Crippen molar-refractivity contribution in [2.24, 2.45) is 5.92 Å². The van der Waals surface area contributed by atoms with Crippen LogP contribution in [0, 0.1) is 5.92 Å². The summed E-state index contributed by atoms with van der Waals surface area (Å²) in [5.41, 5.74) is 1.19. The van der Waals surface area contributed by atoms with Crippen molar-refractivity contribution in [1.29, 1.82) is 0 Å². The Kier molecular flexibility index (Phi) is 5.95. The Morgan fingerprint density at radius 3 is 2.66 bits per heavy atom. The van der Waals surface area contributed by atoms with E-state index in [0.717, 1.165) is 50.7 Å². The first-order chi connectivity index (χ1) is 14.0. The van der Waals surface area contributed by atoms with Crippen LogP contribution in [0.15, 0.2) is 24.3 Å². The molecule has 4 rings (SSSR count). The number of hydrogen-bond acceptors (Lipinski definition) is 3. The largest absolute Gasteiger partial charge is 0.376 e. The van der Waals surface area contributed by atoms with Gasteiger partial charge in [-0.25, -0.2) is 0 Å². The summed E-state index contributed by atoms with van der Waals surface area (Å²) in [6, 6.07) is 7.75. The van der Waals surface area contributed by atoms with E-state index in [1.54, 1.807) is 0 Å². The third kappa shape index (κ3) is 3.81. The van der Waals surface area contributed by atoms with Crippen LogP contribution >= 0.6 is 0 Å². The topological polar surface area (TPSA) is 58.6 Å². The van der Waals surface area contributed by atoms with Gasteiger partial charge >= 0.3 is 0 Å². The van der Waals surface area contributed by atoms with Gasteiger partial charge in [0, 0.05) is 25.3 Å². The first-order valence-corrected chi connectivity index (χ1v) is 11.3. The molecule has 0 aromatic heterocycles. The van der Waals surface area contributed by atoms with E-state index in [2.05, 4.69) is 24.1 Å². The van der Waals surface area contributed by atoms with Crippen molar-refractivity contribution in [2.45, 2.75) is 76.4 Å². The summed E-state index contributed by atoms with van der Waals surface area (Å²) in [5.74, 6) is 0.200. The summed E-state index contributed by atoms with van der Waals surface area (Å²) in [6.45, 7) is 6.34. The van der Waals surface area contributed by atoms with Gasteiger partial charge in [0.1, 0.15) is 0 Å². The third-order valence-corrected chi connectivity index (χ3v) is 6.88. The van der Waals surface area contributed by atoms with Gasteiger partial charge in [0.25, 0.3) is 5.91 Å². The van der Waals surface area contributed by atoms with Crippen molar-refractivity contribution in [2.75, 3.05) is 19.7 Å². The molecule has 1 aromatic rings. The molecule has 0 unspecified atom stereocenters. The second-order valence-corrected chi connectivity index (χ2v) is 9.37. The second kappa shape index (κ2) is 8.47. The average molecular weight is 399 g/mol. The zero-order valence-electron chi connectivity index (χ0n) is 17.8. The van der Waals surface area contributed by atoms with Crippen molar-refractivity contribution in [3.05, 3.63) is 35.4 Å². The van der Waals surface area contributed by atoms with Crippen molar-refractivity contribution in [3.8, 4) is 0 Å². The molecule has 1 aliphatic carbocycles. The highest BCUT2D eigenvalue weighted by Gasteiger charge is 2.54. The average Bonchev–Trinajstić information content (AvgIpc) is 3.24. The fourth-order valence-electron chi connectivity index (χ4n) is 5.60. The zero-order chi connectivity index (χ0) is 20.4. The summed E-state index contributed by atoms with van der Waals surface area (Å²) in [7, 11) is 0. The van der Waals surface area contributed by atoms with Crippen molar-refractivity contribution in [1.82, 2.24) is 10.2 Å². The quantitative estimate of drug-likeness (QED) is 0.819. The van der Waals surface area contributed by atoms with Gasteiger partial charge in [-0.1, -0.05) is 51.3 Å². The molecule has 158 valence electrons. The smallest absolute Gasteiger partial charge is 0.254 e. The van der Waals surface area contributed by atoms with Crippen LogP contribution in [-0.2, 0) is 9.53 Å². The van der Waals surface area contributed by atoms with Crippen LogP contribution in [0.2, 0.25) is 0 Å². The monoisotopic (exact) mass is 398 g/mol. The molecule has 2 fully saturated rings. The van der Waals surface area contributed by atoms with Crippen molar-refractivity contribution < 1.29 is 14.3 Å². The van der Waals surface area contributed by atoms with Gasteiger partial charge in [-0.2, -0.15) is 0 Å². The van der Waals surface area contributed by atoms with E-state index in [-0.39, 0.29) is 23.8 Å². The minimum atomic E-state index is -0.408. The number of nitrogens with one attached hydrogen (secondary N) is 1. The number of hydrogen-bond donors (Lipinski definition) is 1. The predicted molar refractivity (Wildman–Crippen MR) is 113 cm³/mol. The summed E-state index contributed by atoms with van der Waals surface area (Å²) in [5, 5.41) is 3.19. The summed E-state index contributed by atoms with van der Waals surface area (Å²) >= 11 is 0. The molecule has 2 aliphatic heterocycles. The van der Waals surface area contributed by atoms with Crippen molar-refractivity contribution in [3.63, 3.8) is 0 Å². The molecular weight excluding hydrogens is 364 g/mol. The van der Waals surface area contributed by atoms with Crippen LogP contribution in [-0.4, -0.2) is 48.1 Å². The third-order valence-electron chi connectivity index (χ3n) is 6.88. The van der Waals surface area contributed by atoms with Crippen LogP contribution in [0.25, 0.3) is 0 Å². The molecule has 5 heteroatoms. The number of benzene rings is 1. The zero-order valence-corrected chi connectivity index (χ0v) is 17.8. The number of rotatable bonds is 5. The fourth-order valence-corrected chi connectivity index (χ4v) is 5.60. The lowest BCUT2D eigenvalue weighted by molar-refractivity contribution is -0.128. The molecule has 5 nitrogen and oxygen atoms in total. The molecule has 3 aliphatic rings. The number of nitrogens with zero attached hydrogens (tertiary/aromatic N) is 1. The van der Waals surface area contributed by atoms with E-state index < -0.39 is 5.54 Å². The first kappa shape index (κ1) is 20.4. The minimum absolute atomic E-state index is 0.0520. The highest BCUT2D eigenvalue weighted by molar-refractivity contribution is 6.02. The van der Waals surface area contributed by atoms with Gasteiger partial charge in [0.15, 0.2) is 0 Å². The van der Waals surface area contributed by atoms with Gasteiger partial charge in [0.05, 0.1) is 17.6 Å². The van der Waals surface area contributed by atoms with Gasteiger partial charge in [0.2, 0.25) is 5.91 Å². The van der Waals surface area contributed by atoms with Crippen LogP contribution in [0.3, 0.4) is 0 Å². The number of carbonyl (C=O) groups is 2. The van der Waals surface area contributed by atoms with Crippen LogP contribution in [0.4, 0.5) is 0 Å². The van der Waals surface area contributed by atoms with E-state index in [9.17, 15) is 9.59 Å². The number of ether oxygens (including phenoxy) is 1. The van der Waals surface area contributed by atoms with Crippen LogP contribution in [0.1, 0.15) is 80.6 Å². The van der Waals surface area contributed by atoms with E-state index >= 15 is 0 Å². The van der Waals surface area contributed by atoms with Gasteiger partial charge < -0.3 is 15.0 Å². The molecular formula is C24H34N2O3. The molecule has 1 saturated heterocycles. The highest BCUT2D eigenvalue weighted by atomic mass is 16.5. The molecule has 2 amide bonds. The molecule has 1 N–H and O–H groups in total. The SMILES string of the molecule is CC(C)CN1C(=O)c2ccccc2[C@@H](C(=O)NC[C@H]2CCCO2)C12CCCCC2. The first-order valence-electron chi connectivity index (χ1n) is 11.3. The molecule has 1 spiro atoms. The predicted octanol–water partition coefficient (Wildman–Crippen LogP) is 3.88. The lowest BCUT2D eigenvalue weighted by atomic mass is 9.65. The van der Waals surface area contributed by atoms with Crippen molar-refractivity contribution >= 4 is 11.8 Å². The Bertz CT molecular complexity index is 748. The van der Waals surface area contributed by atoms with E-state index in [1.807, 2.05) is 24.3 Å². The molecule has 0 radical (unpaired) electrons. The summed E-state index contributed by atoms with van der Waals surface area (Å²) in [6.07, 6.45) is 7.30. The summed E-state index contributed by atoms with van der Waals surface area (Å²) < 4.78 is 5.71. The molecule has 1 saturated carbocycles. The molecule has 1 aromatic carbocycles. The normalized spacial score (nSPS) is 26.0. The molecule has 29 heavy (non-hydrogen) atoms. The minimum Gasteiger partial charge on any atom is -0.376 e. The van der Waals surface area contributed by atoms with Crippen LogP contribution < -0.4 is 5.32 Å². The Morgan fingerprint density at radius 1 is 1.21 bits per heavy atom. The Balaban J connectivity index is 1.72. The van der Waals surface area contributed by atoms with Gasteiger partial charge in [-0.15, -0.1) is 0 Å². The van der Waals surface area contributed by atoms with E-state index in [4.69, 9.17) is 4.74 Å². The van der Waals surface area contributed by atoms with Gasteiger partial charge in [-0.05, 0) is 43.2 Å². The van der Waals surface area contributed by atoms with Crippen LogP contribution in [0.5, 0.6) is 0 Å². The number of carbonyl (C=O) groups excluding carboxylic acids is 2. The van der Waals surface area contributed by atoms with Gasteiger partial charge in [-0.3, -0.25) is 9.59 Å². The lowest BCUT2D eigenvalue weighted by Crippen LogP contribution is -2.63. The molecule has 2 atom stereocenters. The Morgan fingerprint density at radius 2 is 1.97 bits per heavy atom. The Hall–Kier alpha value is -1.88. The lowest BCUT2D eigenvalue weighted by Gasteiger charge is -2.54. The standard InChI is InChI=1S/C24H34N2O3/c1-17(2)16-26-23(28)20-11-5-4-10-19(20)21(24(26)12-6-3-7-13-24)22(27)25-15-18-9-8-14-29-18/h4-5,10-11,17-18,21H,3,6-9,12-16H2,1-2H3,(H,25,27)/t18-,21+/m1/s1. The molecule has 0 bridgehead atoms.